The molecule has 1 aliphatic rings. The minimum absolute atomic E-state index is 0. The number of ketones is 1. The van der Waals surface area contributed by atoms with E-state index in [1.54, 1.807) is 24.3 Å². The zero-order valence-corrected chi connectivity index (χ0v) is 16.0. The molecule has 2 aromatic carbocycles. The average Bonchev–Trinajstić information content (AvgIpc) is 2.64. The Labute approximate surface area is 160 Å². The minimum Gasteiger partial charge on any atom is -0.349 e. The van der Waals surface area contributed by atoms with Crippen molar-refractivity contribution in [3.05, 3.63) is 70.3 Å². The van der Waals surface area contributed by atoms with E-state index in [1.165, 1.54) is 0 Å². The van der Waals surface area contributed by atoms with Crippen molar-refractivity contribution in [2.75, 3.05) is 13.1 Å². The maximum Gasteiger partial charge on any atom is 0.252 e. The van der Waals surface area contributed by atoms with E-state index < -0.39 is 0 Å². The predicted octanol–water partition coefficient (Wildman–Crippen LogP) is 3.44. The monoisotopic (exact) mass is 372 g/mol. The fourth-order valence-electron chi connectivity index (χ4n) is 3.15. The van der Waals surface area contributed by atoms with E-state index in [4.69, 9.17) is 0 Å². The Morgan fingerprint density at radius 3 is 2.27 bits per heavy atom. The molecule has 4 nitrogen and oxygen atoms in total. The number of carbonyl (C=O) groups is 2. The predicted molar refractivity (Wildman–Crippen MR) is 106 cm³/mol. The lowest BCUT2D eigenvalue weighted by atomic mass is 9.95. The van der Waals surface area contributed by atoms with Crippen molar-refractivity contribution in [2.45, 2.75) is 32.7 Å². The highest BCUT2D eigenvalue weighted by Crippen LogP contribution is 2.18. The number of aryl methyl sites for hydroxylation is 2. The van der Waals surface area contributed by atoms with Gasteiger partial charge in [-0.05, 0) is 63.0 Å². The van der Waals surface area contributed by atoms with Gasteiger partial charge >= 0.3 is 0 Å². The number of amides is 1. The maximum absolute atomic E-state index is 12.9. The molecule has 1 amide bonds. The average molecular weight is 373 g/mol. The summed E-state index contributed by atoms with van der Waals surface area (Å²) in [6.45, 7) is 5.83. The molecule has 1 heterocycles. The quantitative estimate of drug-likeness (QED) is 0.808. The molecule has 0 unspecified atom stereocenters. The summed E-state index contributed by atoms with van der Waals surface area (Å²) in [6.07, 6.45) is 1.83. The third kappa shape index (κ3) is 4.51. The summed E-state index contributed by atoms with van der Waals surface area (Å²) in [4.78, 5) is 25.6. The number of rotatable bonds is 4. The maximum atomic E-state index is 12.9. The van der Waals surface area contributed by atoms with Crippen LogP contribution in [0.15, 0.2) is 42.5 Å². The van der Waals surface area contributed by atoms with Gasteiger partial charge in [-0.25, -0.2) is 0 Å². The molecule has 2 aromatic rings. The second kappa shape index (κ2) is 8.97. The second-order valence-corrected chi connectivity index (χ2v) is 6.67. The normalized spacial score (nSPS) is 14.4. The molecular formula is C21H25ClN2O2. The lowest BCUT2D eigenvalue weighted by Crippen LogP contribution is -2.43. The summed E-state index contributed by atoms with van der Waals surface area (Å²) in [5.74, 6) is -0.279. The van der Waals surface area contributed by atoms with Crippen molar-refractivity contribution in [3.63, 3.8) is 0 Å². The van der Waals surface area contributed by atoms with Crippen molar-refractivity contribution in [1.82, 2.24) is 10.6 Å². The number of hydrogen-bond acceptors (Lipinski definition) is 3. The summed E-state index contributed by atoms with van der Waals surface area (Å²) in [6, 6.07) is 12.9. The molecule has 26 heavy (non-hydrogen) atoms. The molecule has 5 heteroatoms. The van der Waals surface area contributed by atoms with Crippen LogP contribution in [0.1, 0.15) is 50.2 Å². The van der Waals surface area contributed by atoms with Gasteiger partial charge < -0.3 is 10.6 Å². The van der Waals surface area contributed by atoms with Crippen LogP contribution in [0.4, 0.5) is 0 Å². The Morgan fingerprint density at radius 2 is 1.62 bits per heavy atom. The highest BCUT2D eigenvalue weighted by atomic mass is 35.5. The van der Waals surface area contributed by atoms with E-state index in [9.17, 15) is 9.59 Å². The van der Waals surface area contributed by atoms with E-state index in [0.717, 1.165) is 37.1 Å². The third-order valence-corrected chi connectivity index (χ3v) is 4.86. The molecule has 0 radical (unpaired) electrons. The summed E-state index contributed by atoms with van der Waals surface area (Å²) in [7, 11) is 0. The number of carbonyl (C=O) groups excluding carboxylic acids is 2. The van der Waals surface area contributed by atoms with Crippen LogP contribution in [0.25, 0.3) is 0 Å². The number of nitrogens with one attached hydrogen (secondary N) is 2. The van der Waals surface area contributed by atoms with Gasteiger partial charge in [0.05, 0.1) is 5.56 Å². The molecular weight excluding hydrogens is 348 g/mol. The highest BCUT2D eigenvalue weighted by molar-refractivity contribution is 6.15. The van der Waals surface area contributed by atoms with E-state index in [1.807, 2.05) is 32.0 Å². The van der Waals surface area contributed by atoms with Crippen LogP contribution in [-0.4, -0.2) is 30.8 Å². The van der Waals surface area contributed by atoms with Crippen LogP contribution < -0.4 is 10.6 Å². The van der Waals surface area contributed by atoms with Gasteiger partial charge in [-0.15, -0.1) is 12.4 Å². The first-order chi connectivity index (χ1) is 12.1. The number of halogens is 1. The molecule has 1 saturated heterocycles. The van der Waals surface area contributed by atoms with E-state index in [2.05, 4.69) is 10.6 Å². The Morgan fingerprint density at radius 1 is 0.962 bits per heavy atom. The molecule has 0 spiro atoms. The lowest BCUT2D eigenvalue weighted by molar-refractivity contribution is 0.0920. The Balaban J connectivity index is 0.00000243. The molecule has 0 aliphatic carbocycles. The molecule has 138 valence electrons. The van der Waals surface area contributed by atoms with Crippen LogP contribution in [0, 0.1) is 13.8 Å². The van der Waals surface area contributed by atoms with Gasteiger partial charge in [0.25, 0.3) is 5.91 Å². The van der Waals surface area contributed by atoms with Crippen molar-refractivity contribution in [3.8, 4) is 0 Å². The molecule has 0 saturated carbocycles. The van der Waals surface area contributed by atoms with Crippen LogP contribution in [0.5, 0.6) is 0 Å². The largest absolute Gasteiger partial charge is 0.349 e. The molecule has 0 atom stereocenters. The number of hydrogen-bond donors (Lipinski definition) is 2. The zero-order valence-electron chi connectivity index (χ0n) is 15.2. The van der Waals surface area contributed by atoms with Crippen molar-refractivity contribution < 1.29 is 9.59 Å². The molecule has 0 aromatic heterocycles. The van der Waals surface area contributed by atoms with Crippen LogP contribution in [0.3, 0.4) is 0 Å². The van der Waals surface area contributed by atoms with Gasteiger partial charge in [0.1, 0.15) is 0 Å². The van der Waals surface area contributed by atoms with Gasteiger partial charge in [-0.1, -0.05) is 30.3 Å². The molecule has 0 bridgehead atoms. The first-order valence-corrected chi connectivity index (χ1v) is 8.79. The van der Waals surface area contributed by atoms with Crippen LogP contribution >= 0.6 is 12.4 Å². The smallest absolute Gasteiger partial charge is 0.252 e. The zero-order chi connectivity index (χ0) is 17.8. The van der Waals surface area contributed by atoms with Gasteiger partial charge in [0.15, 0.2) is 5.78 Å². The standard InChI is InChI=1S/C21H24N2O2.ClH/c1-14-7-8-16(13-15(14)2)20(24)18-5-3-4-6-19(18)21(25)23-17-9-11-22-12-10-17;/h3-8,13,17,22H,9-12H2,1-2H3,(H,23,25);1H. The SMILES string of the molecule is Cc1ccc(C(=O)c2ccccc2C(=O)NC2CCNCC2)cc1C.Cl. The first kappa shape index (κ1) is 20.1. The molecule has 3 rings (SSSR count). The topological polar surface area (TPSA) is 58.2 Å². The third-order valence-electron chi connectivity index (χ3n) is 4.86. The van der Waals surface area contributed by atoms with Gasteiger partial charge in [-0.3, -0.25) is 9.59 Å². The summed E-state index contributed by atoms with van der Waals surface area (Å²) >= 11 is 0. The van der Waals surface area contributed by atoms with Crippen LogP contribution in [0.2, 0.25) is 0 Å². The van der Waals surface area contributed by atoms with Gasteiger partial charge in [0.2, 0.25) is 0 Å². The van der Waals surface area contributed by atoms with E-state index in [0.29, 0.717) is 16.7 Å². The Kier molecular flexibility index (Phi) is 6.95. The van der Waals surface area contributed by atoms with Crippen molar-refractivity contribution in [2.24, 2.45) is 0 Å². The van der Waals surface area contributed by atoms with Gasteiger partial charge in [-0.2, -0.15) is 0 Å². The van der Waals surface area contributed by atoms with Crippen molar-refractivity contribution in [1.29, 1.82) is 0 Å². The summed E-state index contributed by atoms with van der Waals surface area (Å²) in [5.41, 5.74) is 3.74. The van der Waals surface area contributed by atoms with Crippen molar-refractivity contribution >= 4 is 24.1 Å². The van der Waals surface area contributed by atoms with E-state index in [-0.39, 0.29) is 30.1 Å². The lowest BCUT2D eigenvalue weighted by Gasteiger charge is -2.24. The van der Waals surface area contributed by atoms with E-state index >= 15 is 0 Å². The van der Waals surface area contributed by atoms with Crippen LogP contribution in [-0.2, 0) is 0 Å². The fraction of sp³-hybridized carbons (Fsp3) is 0.333. The molecule has 2 N–H and O–H groups in total. The number of benzene rings is 2. The number of piperidine rings is 1. The molecule has 1 fully saturated rings. The highest BCUT2D eigenvalue weighted by Gasteiger charge is 2.21. The summed E-state index contributed by atoms with van der Waals surface area (Å²) in [5, 5.41) is 6.35. The Bertz CT molecular complexity index is 798. The molecule has 1 aliphatic heterocycles. The minimum atomic E-state index is -0.167. The summed E-state index contributed by atoms with van der Waals surface area (Å²) < 4.78 is 0. The second-order valence-electron chi connectivity index (χ2n) is 6.67. The first-order valence-electron chi connectivity index (χ1n) is 8.79. The Hall–Kier alpha value is -2.17. The van der Waals surface area contributed by atoms with Gasteiger partial charge in [0, 0.05) is 17.2 Å². The fourth-order valence-corrected chi connectivity index (χ4v) is 3.15.